The van der Waals surface area contributed by atoms with Crippen LogP contribution in [0.25, 0.3) is 11.1 Å². The Morgan fingerprint density at radius 2 is 1.84 bits per heavy atom. The normalized spacial score (nSPS) is 15.3. The van der Waals surface area contributed by atoms with E-state index in [1.54, 1.807) is 0 Å². The summed E-state index contributed by atoms with van der Waals surface area (Å²) in [4.78, 5) is 2.22. The van der Waals surface area contributed by atoms with Crippen LogP contribution in [0.4, 0.5) is 5.69 Å². The molecule has 0 saturated carbocycles. The van der Waals surface area contributed by atoms with Gasteiger partial charge in [0.2, 0.25) is 6.17 Å². The maximum atomic E-state index is 4.10. The summed E-state index contributed by atoms with van der Waals surface area (Å²) in [6, 6.07) is 15.0. The van der Waals surface area contributed by atoms with Gasteiger partial charge in [-0.25, -0.2) is 0 Å². The van der Waals surface area contributed by atoms with Crippen LogP contribution in [0.3, 0.4) is 0 Å². The molecule has 0 unspecified atom stereocenters. The third-order valence-corrected chi connectivity index (χ3v) is 3.85. The summed E-state index contributed by atoms with van der Waals surface area (Å²) in [5.41, 5.74) is 6.35. The quantitative estimate of drug-likeness (QED) is 0.509. The SMILES string of the molecule is C=[N+]1C=CN2c3ccccc3-c3cccc(C)c3[C-]21. The molecule has 0 aromatic heterocycles. The molecule has 0 radical (unpaired) electrons. The van der Waals surface area contributed by atoms with Crippen LogP contribution in [-0.2, 0) is 0 Å². The Hall–Kier alpha value is -2.48. The number of benzene rings is 2. The molecule has 2 aromatic carbocycles. The van der Waals surface area contributed by atoms with Gasteiger partial charge in [0, 0.05) is 11.9 Å². The van der Waals surface area contributed by atoms with Crippen LogP contribution in [0.1, 0.15) is 11.1 Å². The van der Waals surface area contributed by atoms with Gasteiger partial charge in [0.15, 0.2) is 0 Å². The number of fused-ring (bicyclic) bond motifs is 6. The van der Waals surface area contributed by atoms with Crippen LogP contribution >= 0.6 is 0 Å². The summed E-state index contributed by atoms with van der Waals surface area (Å²) in [6.45, 7) is 6.26. The van der Waals surface area contributed by atoms with E-state index in [2.05, 4.69) is 67.2 Å². The largest absolute Gasteiger partial charge is 0.298 e. The van der Waals surface area contributed by atoms with Crippen molar-refractivity contribution in [3.63, 3.8) is 0 Å². The van der Waals surface area contributed by atoms with Crippen LogP contribution < -0.4 is 4.90 Å². The lowest BCUT2D eigenvalue weighted by Crippen LogP contribution is -2.30. The second-order valence-corrected chi connectivity index (χ2v) is 4.98. The number of hydrogen-bond acceptors (Lipinski definition) is 1. The molecule has 2 aromatic rings. The first-order valence-corrected chi connectivity index (χ1v) is 6.41. The second-order valence-electron chi connectivity index (χ2n) is 4.98. The zero-order valence-electron chi connectivity index (χ0n) is 10.8. The molecule has 0 saturated heterocycles. The van der Waals surface area contributed by atoms with E-state index in [-0.39, 0.29) is 0 Å². The Bertz CT molecular complexity index is 728. The lowest BCUT2D eigenvalue weighted by molar-refractivity contribution is -0.416. The number of anilines is 1. The molecule has 0 aliphatic carbocycles. The average Bonchev–Trinajstić information content (AvgIpc) is 2.82. The molecule has 2 heteroatoms. The van der Waals surface area contributed by atoms with Crippen molar-refractivity contribution in [3.05, 3.63) is 72.2 Å². The molecule has 0 N–H and O–H groups in total. The first kappa shape index (κ1) is 10.4. The van der Waals surface area contributed by atoms with Crippen molar-refractivity contribution in [2.75, 3.05) is 4.90 Å². The van der Waals surface area contributed by atoms with E-state index in [9.17, 15) is 0 Å². The van der Waals surface area contributed by atoms with Crippen molar-refractivity contribution < 1.29 is 4.58 Å². The molecule has 0 atom stereocenters. The topological polar surface area (TPSA) is 6.25 Å². The fourth-order valence-electron chi connectivity index (χ4n) is 2.99. The molecule has 2 nitrogen and oxygen atoms in total. The van der Waals surface area contributed by atoms with E-state index in [0.717, 1.165) is 6.17 Å². The standard InChI is InChI=1S/C17H14N2/c1-12-6-5-8-14-13-7-3-4-9-15(13)19-11-10-18(2)17(19)16(12)14/h3-11H,2H2,1H3. The van der Waals surface area contributed by atoms with Crippen molar-refractivity contribution >= 4 is 12.4 Å². The van der Waals surface area contributed by atoms with E-state index in [1.807, 2.05) is 10.8 Å². The second kappa shape index (κ2) is 3.51. The average molecular weight is 246 g/mol. The maximum Gasteiger partial charge on any atom is 0.221 e. The molecule has 19 heavy (non-hydrogen) atoms. The minimum Gasteiger partial charge on any atom is -0.298 e. The smallest absolute Gasteiger partial charge is 0.221 e. The highest BCUT2D eigenvalue weighted by Gasteiger charge is 2.35. The first-order chi connectivity index (χ1) is 9.27. The van der Waals surface area contributed by atoms with Gasteiger partial charge in [-0.05, 0) is 17.2 Å². The van der Waals surface area contributed by atoms with Gasteiger partial charge in [0.1, 0.15) is 6.20 Å². The van der Waals surface area contributed by atoms with Gasteiger partial charge in [-0.15, -0.1) is 0 Å². The molecule has 0 bridgehead atoms. The van der Waals surface area contributed by atoms with Crippen LogP contribution in [0.15, 0.2) is 54.9 Å². The van der Waals surface area contributed by atoms with Gasteiger partial charge in [-0.2, -0.15) is 0 Å². The predicted molar refractivity (Wildman–Crippen MR) is 78.0 cm³/mol. The number of nitrogens with zero attached hydrogens (tertiary/aromatic N) is 2. The van der Waals surface area contributed by atoms with Crippen molar-refractivity contribution in [2.45, 2.75) is 6.92 Å². The van der Waals surface area contributed by atoms with E-state index in [4.69, 9.17) is 0 Å². The van der Waals surface area contributed by atoms with Crippen molar-refractivity contribution in [3.8, 4) is 11.1 Å². The summed E-state index contributed by atoms with van der Waals surface area (Å²) < 4.78 is 1.95. The van der Waals surface area contributed by atoms with Crippen LogP contribution in [0, 0.1) is 13.1 Å². The van der Waals surface area contributed by atoms with Gasteiger partial charge in [0.25, 0.3) is 0 Å². The lowest BCUT2D eigenvalue weighted by atomic mass is 9.89. The Labute approximate surface area is 112 Å². The lowest BCUT2D eigenvalue weighted by Gasteiger charge is -2.35. The molecule has 4 rings (SSSR count). The molecule has 2 aliphatic rings. The number of aryl methyl sites for hydroxylation is 1. The minimum absolute atomic E-state index is 1.15. The van der Waals surface area contributed by atoms with Crippen LogP contribution in [0.2, 0.25) is 0 Å². The number of hydrogen-bond donors (Lipinski definition) is 0. The third-order valence-electron chi connectivity index (χ3n) is 3.85. The Morgan fingerprint density at radius 1 is 1.05 bits per heavy atom. The van der Waals surface area contributed by atoms with Crippen LogP contribution in [0.5, 0.6) is 0 Å². The van der Waals surface area contributed by atoms with E-state index >= 15 is 0 Å². The number of para-hydroxylation sites is 1. The number of rotatable bonds is 0. The zero-order valence-corrected chi connectivity index (χ0v) is 10.8. The Morgan fingerprint density at radius 3 is 2.74 bits per heavy atom. The van der Waals surface area contributed by atoms with E-state index in [0.29, 0.717) is 0 Å². The van der Waals surface area contributed by atoms with E-state index < -0.39 is 0 Å². The zero-order chi connectivity index (χ0) is 13.0. The van der Waals surface area contributed by atoms with Crippen molar-refractivity contribution in [1.29, 1.82) is 0 Å². The van der Waals surface area contributed by atoms with Gasteiger partial charge in [0.05, 0.1) is 6.72 Å². The Balaban J connectivity index is 2.11. The van der Waals surface area contributed by atoms with Crippen molar-refractivity contribution in [1.82, 2.24) is 0 Å². The minimum atomic E-state index is 1.15. The molecule has 0 spiro atoms. The van der Waals surface area contributed by atoms with Crippen LogP contribution in [-0.4, -0.2) is 11.3 Å². The summed E-state index contributed by atoms with van der Waals surface area (Å²) in [5, 5.41) is 0. The van der Waals surface area contributed by atoms with Gasteiger partial charge in [-0.1, -0.05) is 54.4 Å². The summed E-state index contributed by atoms with van der Waals surface area (Å²) in [5.74, 6) is 0. The van der Waals surface area contributed by atoms with Gasteiger partial charge >= 0.3 is 0 Å². The molecule has 0 fully saturated rings. The summed E-state index contributed by atoms with van der Waals surface area (Å²) in [6.07, 6.45) is 5.23. The predicted octanol–water partition coefficient (Wildman–Crippen LogP) is 3.52. The molecule has 2 aliphatic heterocycles. The Kier molecular flexibility index (Phi) is 1.93. The fourth-order valence-corrected chi connectivity index (χ4v) is 2.99. The van der Waals surface area contributed by atoms with Gasteiger partial charge < -0.3 is 0 Å². The third kappa shape index (κ3) is 1.26. The summed E-state index contributed by atoms with van der Waals surface area (Å²) >= 11 is 0. The van der Waals surface area contributed by atoms with E-state index in [1.165, 1.54) is 27.9 Å². The fraction of sp³-hybridized carbons (Fsp3) is 0.0588. The maximum absolute atomic E-state index is 4.10. The molecular formula is C17H14N2. The first-order valence-electron chi connectivity index (χ1n) is 6.41. The monoisotopic (exact) mass is 246 g/mol. The molecular weight excluding hydrogens is 232 g/mol. The summed E-state index contributed by atoms with van der Waals surface area (Å²) in [7, 11) is 0. The highest BCUT2D eigenvalue weighted by molar-refractivity contribution is 5.88. The highest BCUT2D eigenvalue weighted by atomic mass is 15.3. The molecule has 92 valence electrons. The van der Waals surface area contributed by atoms with Gasteiger partial charge in [-0.3, -0.25) is 9.48 Å². The molecule has 2 heterocycles. The highest BCUT2D eigenvalue weighted by Crippen LogP contribution is 2.47. The molecule has 0 amide bonds. The van der Waals surface area contributed by atoms with Crippen molar-refractivity contribution in [2.24, 2.45) is 0 Å².